The Kier molecular flexibility index (Phi) is 6.40. The molecule has 1 fully saturated rings. The summed E-state index contributed by atoms with van der Waals surface area (Å²) in [6, 6.07) is 7.59. The van der Waals surface area contributed by atoms with Gasteiger partial charge in [0.05, 0.1) is 0 Å². The van der Waals surface area contributed by atoms with Crippen LogP contribution in [0.3, 0.4) is 0 Å². The topological polar surface area (TPSA) is 90.7 Å². The number of carbonyl (C=O) groups excluding carboxylic acids is 2. The molecule has 0 bridgehead atoms. The molecule has 1 aliphatic rings. The van der Waals surface area contributed by atoms with E-state index in [2.05, 4.69) is 5.32 Å². The van der Waals surface area contributed by atoms with Gasteiger partial charge in [-0.1, -0.05) is 12.1 Å². The summed E-state index contributed by atoms with van der Waals surface area (Å²) in [5, 5.41) is 3.04. The van der Waals surface area contributed by atoms with Crippen molar-refractivity contribution in [2.75, 3.05) is 13.2 Å². The lowest BCUT2D eigenvalue weighted by Crippen LogP contribution is -2.38. The lowest BCUT2D eigenvalue weighted by molar-refractivity contribution is -0.124. The van der Waals surface area contributed by atoms with Crippen molar-refractivity contribution in [3.05, 3.63) is 29.8 Å². The summed E-state index contributed by atoms with van der Waals surface area (Å²) >= 11 is 0. The molecule has 6 nitrogen and oxygen atoms in total. The lowest BCUT2D eigenvalue weighted by Gasteiger charge is -2.23. The largest absolute Gasteiger partial charge is 0.481 e. The zero-order valence-corrected chi connectivity index (χ0v) is 13.4. The highest BCUT2D eigenvalue weighted by Gasteiger charge is 2.15. The third kappa shape index (κ3) is 5.90. The van der Waals surface area contributed by atoms with E-state index in [-0.39, 0.29) is 11.9 Å². The number of nitrogens with one attached hydrogen (secondary N) is 1. The van der Waals surface area contributed by atoms with Gasteiger partial charge in [-0.05, 0) is 43.9 Å². The summed E-state index contributed by atoms with van der Waals surface area (Å²) in [7, 11) is 0. The van der Waals surface area contributed by atoms with Crippen molar-refractivity contribution in [2.24, 2.45) is 5.73 Å². The Bertz CT molecular complexity index is 524. The molecular formula is C17H24N2O4. The summed E-state index contributed by atoms with van der Waals surface area (Å²) in [6.07, 6.45) is 2.23. The number of hydrogen-bond acceptors (Lipinski definition) is 4. The summed E-state index contributed by atoms with van der Waals surface area (Å²) in [5.74, 6) is 0.158. The van der Waals surface area contributed by atoms with Crippen LogP contribution < -0.4 is 15.8 Å². The quantitative estimate of drug-likeness (QED) is 0.789. The highest BCUT2D eigenvalue weighted by molar-refractivity contribution is 5.78. The molecule has 126 valence electrons. The summed E-state index contributed by atoms with van der Waals surface area (Å²) in [4.78, 5) is 22.9. The molecule has 1 atom stereocenters. The average Bonchev–Trinajstić information content (AvgIpc) is 2.55. The third-order valence-electron chi connectivity index (χ3n) is 3.86. The molecule has 0 spiro atoms. The first-order chi connectivity index (χ1) is 11.0. The highest BCUT2D eigenvalue weighted by Crippen LogP contribution is 2.15. The maximum atomic E-state index is 11.9. The van der Waals surface area contributed by atoms with Gasteiger partial charge < -0.3 is 20.5 Å². The molecule has 0 aromatic heterocycles. The second kappa shape index (κ2) is 8.53. The van der Waals surface area contributed by atoms with Gasteiger partial charge in [-0.2, -0.15) is 0 Å². The van der Waals surface area contributed by atoms with Gasteiger partial charge in [-0.25, -0.2) is 0 Å². The molecule has 3 N–H and O–H groups in total. The molecule has 1 aromatic carbocycles. The zero-order chi connectivity index (χ0) is 16.7. The smallest absolute Gasteiger partial charge is 0.258 e. The number of carbonyl (C=O) groups is 2. The number of nitrogens with two attached hydrogens (primary N) is 1. The molecule has 0 aliphatic carbocycles. The van der Waals surface area contributed by atoms with Crippen LogP contribution >= 0.6 is 0 Å². The van der Waals surface area contributed by atoms with Crippen LogP contribution in [0.15, 0.2) is 24.3 Å². The summed E-state index contributed by atoms with van der Waals surface area (Å²) in [6.45, 7) is 3.04. The van der Waals surface area contributed by atoms with Crippen LogP contribution in [0.2, 0.25) is 0 Å². The van der Waals surface area contributed by atoms with Crippen LogP contribution in [0.4, 0.5) is 0 Å². The molecule has 1 aliphatic heterocycles. The fraction of sp³-hybridized carbons (Fsp3) is 0.529. The Morgan fingerprint density at radius 1 is 1.30 bits per heavy atom. The monoisotopic (exact) mass is 320 g/mol. The van der Waals surface area contributed by atoms with E-state index in [0.717, 1.165) is 31.6 Å². The average molecular weight is 320 g/mol. The molecule has 0 radical (unpaired) electrons. The van der Waals surface area contributed by atoms with Crippen molar-refractivity contribution >= 4 is 11.8 Å². The Morgan fingerprint density at radius 3 is 2.57 bits per heavy atom. The van der Waals surface area contributed by atoms with Gasteiger partial charge in [0.1, 0.15) is 5.75 Å². The predicted molar refractivity (Wildman–Crippen MR) is 86.0 cm³/mol. The van der Waals surface area contributed by atoms with E-state index in [1.54, 1.807) is 19.1 Å². The maximum absolute atomic E-state index is 11.9. The van der Waals surface area contributed by atoms with Crippen LogP contribution in [0.25, 0.3) is 0 Å². The van der Waals surface area contributed by atoms with Gasteiger partial charge >= 0.3 is 0 Å². The number of primary amides is 1. The van der Waals surface area contributed by atoms with Crippen molar-refractivity contribution in [1.82, 2.24) is 5.32 Å². The van der Waals surface area contributed by atoms with E-state index in [4.69, 9.17) is 15.2 Å². The minimum absolute atomic E-state index is 0.0691. The first-order valence-electron chi connectivity index (χ1n) is 7.96. The van der Waals surface area contributed by atoms with Crippen LogP contribution in [-0.4, -0.2) is 37.2 Å². The minimum atomic E-state index is -0.661. The second-order valence-electron chi connectivity index (χ2n) is 5.76. The molecule has 2 rings (SSSR count). The molecule has 0 unspecified atom stereocenters. The van der Waals surface area contributed by atoms with Crippen molar-refractivity contribution in [3.8, 4) is 5.75 Å². The van der Waals surface area contributed by atoms with Crippen molar-refractivity contribution < 1.29 is 19.1 Å². The van der Waals surface area contributed by atoms with E-state index in [1.807, 2.05) is 12.1 Å². The van der Waals surface area contributed by atoms with Gasteiger partial charge in [0.25, 0.3) is 5.91 Å². The van der Waals surface area contributed by atoms with E-state index in [1.165, 1.54) is 0 Å². The Hall–Kier alpha value is -2.08. The lowest BCUT2D eigenvalue weighted by atomic mass is 10.1. The number of benzene rings is 1. The van der Waals surface area contributed by atoms with Crippen molar-refractivity contribution in [3.63, 3.8) is 0 Å². The summed E-state index contributed by atoms with van der Waals surface area (Å²) < 4.78 is 10.7. The maximum Gasteiger partial charge on any atom is 0.258 e. The first-order valence-corrected chi connectivity index (χ1v) is 7.96. The van der Waals surface area contributed by atoms with Gasteiger partial charge in [0.15, 0.2) is 6.10 Å². The molecular weight excluding hydrogens is 296 g/mol. The van der Waals surface area contributed by atoms with Crippen molar-refractivity contribution in [1.29, 1.82) is 0 Å². The number of hydrogen-bond donors (Lipinski definition) is 2. The van der Waals surface area contributed by atoms with Gasteiger partial charge in [0.2, 0.25) is 5.91 Å². The predicted octanol–water partition coefficient (Wildman–Crippen LogP) is 1.17. The van der Waals surface area contributed by atoms with Crippen LogP contribution in [-0.2, 0) is 20.7 Å². The van der Waals surface area contributed by atoms with Crippen LogP contribution in [0.5, 0.6) is 5.75 Å². The van der Waals surface area contributed by atoms with E-state index in [9.17, 15) is 9.59 Å². The summed E-state index contributed by atoms with van der Waals surface area (Å²) in [5.41, 5.74) is 6.20. The highest BCUT2D eigenvalue weighted by atomic mass is 16.5. The number of ether oxygens (including phenoxy) is 2. The number of rotatable bonds is 7. The minimum Gasteiger partial charge on any atom is -0.481 e. The van der Waals surface area contributed by atoms with Gasteiger partial charge in [0, 0.05) is 25.7 Å². The SMILES string of the molecule is C[C@H](Oc1ccc(CCC(=O)NC2CCOCC2)cc1)C(N)=O. The molecule has 1 saturated heterocycles. The van der Waals surface area contributed by atoms with Gasteiger partial charge in [-0.15, -0.1) is 0 Å². The Labute approximate surface area is 136 Å². The molecule has 1 aromatic rings. The van der Waals surface area contributed by atoms with Crippen molar-refractivity contribution in [2.45, 2.75) is 44.8 Å². The van der Waals surface area contributed by atoms with Gasteiger partial charge in [-0.3, -0.25) is 9.59 Å². The number of amides is 2. The molecule has 2 amide bonds. The zero-order valence-electron chi connectivity index (χ0n) is 13.4. The van der Waals surface area contributed by atoms with Crippen LogP contribution in [0, 0.1) is 0 Å². The number of aryl methyl sites for hydroxylation is 1. The normalized spacial score (nSPS) is 16.6. The molecule has 23 heavy (non-hydrogen) atoms. The molecule has 6 heteroatoms. The fourth-order valence-corrected chi connectivity index (χ4v) is 2.40. The second-order valence-corrected chi connectivity index (χ2v) is 5.76. The molecule has 0 saturated carbocycles. The Morgan fingerprint density at radius 2 is 1.96 bits per heavy atom. The first kappa shape index (κ1) is 17.3. The standard InChI is InChI=1S/C17H24N2O4/c1-12(17(18)21)23-15-5-2-13(3-6-15)4-7-16(20)19-14-8-10-22-11-9-14/h2-3,5-6,12,14H,4,7-11H2,1H3,(H2,18,21)(H,19,20)/t12-/m0/s1. The van der Waals surface area contributed by atoms with E-state index < -0.39 is 12.0 Å². The Balaban J connectivity index is 1.74. The van der Waals surface area contributed by atoms with E-state index >= 15 is 0 Å². The third-order valence-corrected chi connectivity index (χ3v) is 3.86. The molecule has 1 heterocycles. The fourth-order valence-electron chi connectivity index (χ4n) is 2.40. The van der Waals surface area contributed by atoms with Crippen LogP contribution in [0.1, 0.15) is 31.7 Å². The van der Waals surface area contributed by atoms with E-state index in [0.29, 0.717) is 18.6 Å².